The quantitative estimate of drug-likeness (QED) is 0.678. The molecule has 0 bridgehead atoms. The highest BCUT2D eigenvalue weighted by atomic mass is 32.2. The van der Waals surface area contributed by atoms with E-state index in [0.29, 0.717) is 5.75 Å². The van der Waals surface area contributed by atoms with Gasteiger partial charge in [-0.2, -0.15) is 0 Å². The molecule has 3 nitrogen and oxygen atoms in total. The third kappa shape index (κ3) is 1.99. The average Bonchev–Trinajstić information content (AvgIpc) is 2.31. The molecule has 1 fully saturated rings. The van der Waals surface area contributed by atoms with E-state index in [4.69, 9.17) is 5.11 Å². The second-order valence-corrected chi connectivity index (χ2v) is 6.07. The van der Waals surface area contributed by atoms with Crippen LogP contribution < -0.4 is 5.32 Å². The van der Waals surface area contributed by atoms with Crippen LogP contribution in [0, 0.1) is 5.41 Å². The van der Waals surface area contributed by atoms with Gasteiger partial charge in [0.05, 0.1) is 4.87 Å². The van der Waals surface area contributed by atoms with Crippen molar-refractivity contribution in [3.8, 4) is 0 Å². The number of hydrogen-bond donors (Lipinski definition) is 2. The Bertz CT molecular complexity index is 224. The molecule has 13 heavy (non-hydrogen) atoms. The smallest absolute Gasteiger partial charge is 0.321 e. The predicted octanol–water partition coefficient (Wildman–Crippen LogP) is 1.54. The van der Waals surface area contributed by atoms with Gasteiger partial charge in [0.1, 0.15) is 6.04 Å². The van der Waals surface area contributed by atoms with E-state index in [9.17, 15) is 4.79 Å². The second kappa shape index (κ2) is 3.17. The van der Waals surface area contributed by atoms with Gasteiger partial charge in [0.25, 0.3) is 0 Å². The molecule has 0 spiro atoms. The Morgan fingerprint density at radius 2 is 2.15 bits per heavy atom. The van der Waals surface area contributed by atoms with Gasteiger partial charge < -0.3 is 5.11 Å². The minimum atomic E-state index is -0.750. The fraction of sp³-hybridized carbons (Fsp3) is 0.889. The Labute approximate surface area is 83.3 Å². The van der Waals surface area contributed by atoms with Crippen LogP contribution in [0.4, 0.5) is 0 Å². The Balaban J connectivity index is 2.72. The summed E-state index contributed by atoms with van der Waals surface area (Å²) in [5.74, 6) is -0.0937. The number of thioether (sulfide) groups is 1. The van der Waals surface area contributed by atoms with E-state index in [1.165, 1.54) is 0 Å². The molecule has 2 N–H and O–H groups in total. The molecule has 1 aliphatic heterocycles. The van der Waals surface area contributed by atoms with Crippen molar-refractivity contribution in [2.45, 2.75) is 38.6 Å². The number of carboxylic acids is 1. The second-order valence-electron chi connectivity index (χ2n) is 4.63. The lowest BCUT2D eigenvalue weighted by atomic mass is 9.87. The Kier molecular flexibility index (Phi) is 2.65. The van der Waals surface area contributed by atoms with Crippen molar-refractivity contribution < 1.29 is 9.90 Å². The van der Waals surface area contributed by atoms with Crippen molar-refractivity contribution in [2.75, 3.05) is 5.75 Å². The zero-order valence-corrected chi connectivity index (χ0v) is 9.36. The molecule has 0 saturated carbocycles. The lowest BCUT2D eigenvalue weighted by Crippen LogP contribution is -2.50. The normalized spacial score (nSPS) is 34.9. The maximum absolute atomic E-state index is 10.7. The summed E-state index contributed by atoms with van der Waals surface area (Å²) in [6, 6.07) is -0.394. The minimum absolute atomic E-state index is 0.0713. The first kappa shape index (κ1) is 10.9. The monoisotopic (exact) mass is 203 g/mol. The highest BCUT2D eigenvalue weighted by Gasteiger charge is 2.46. The molecule has 2 atom stereocenters. The van der Waals surface area contributed by atoms with Crippen LogP contribution in [0.5, 0.6) is 0 Å². The first-order valence-electron chi connectivity index (χ1n) is 4.41. The lowest BCUT2D eigenvalue weighted by Gasteiger charge is -2.38. The fourth-order valence-electron chi connectivity index (χ4n) is 1.23. The summed E-state index contributed by atoms with van der Waals surface area (Å²) >= 11 is 1.70. The van der Waals surface area contributed by atoms with E-state index in [1.807, 2.05) is 0 Å². The van der Waals surface area contributed by atoms with Gasteiger partial charge in [-0.25, -0.2) is 0 Å². The van der Waals surface area contributed by atoms with Crippen molar-refractivity contribution in [3.63, 3.8) is 0 Å². The molecule has 4 heteroatoms. The molecule has 0 radical (unpaired) electrons. The van der Waals surface area contributed by atoms with E-state index in [0.717, 1.165) is 0 Å². The molecule has 1 saturated heterocycles. The third-order valence-electron chi connectivity index (χ3n) is 2.72. The molecule has 1 heterocycles. The third-order valence-corrected chi connectivity index (χ3v) is 4.53. The zero-order valence-electron chi connectivity index (χ0n) is 8.55. The molecule has 0 aromatic carbocycles. The van der Waals surface area contributed by atoms with Gasteiger partial charge >= 0.3 is 5.97 Å². The van der Waals surface area contributed by atoms with Gasteiger partial charge in [-0.05, 0) is 12.3 Å². The van der Waals surface area contributed by atoms with Crippen LogP contribution in [-0.4, -0.2) is 27.7 Å². The number of rotatable bonds is 1. The highest BCUT2D eigenvalue weighted by Crippen LogP contribution is 2.43. The molecule has 1 aliphatic rings. The van der Waals surface area contributed by atoms with Crippen molar-refractivity contribution in [3.05, 3.63) is 0 Å². The topological polar surface area (TPSA) is 49.3 Å². The predicted molar refractivity (Wildman–Crippen MR) is 54.9 cm³/mol. The summed E-state index contributed by atoms with van der Waals surface area (Å²) in [6.45, 7) is 8.44. The lowest BCUT2D eigenvalue weighted by molar-refractivity contribution is -0.139. The number of carbonyl (C=O) groups is 1. The van der Waals surface area contributed by atoms with Gasteiger partial charge in [-0.15, -0.1) is 11.8 Å². The standard InChI is InChI=1S/C9H17NO2S/c1-8(2,3)9(4)10-6(5-13-9)7(11)12/h6,10H,5H2,1-4H3,(H,11,12)/t6-,9-/m0/s1. The Hall–Kier alpha value is -0.220. The minimum Gasteiger partial charge on any atom is -0.480 e. The van der Waals surface area contributed by atoms with Gasteiger partial charge in [-0.1, -0.05) is 20.8 Å². The average molecular weight is 203 g/mol. The van der Waals surface area contributed by atoms with E-state index >= 15 is 0 Å². The van der Waals surface area contributed by atoms with Crippen LogP contribution >= 0.6 is 11.8 Å². The summed E-state index contributed by atoms with van der Waals surface area (Å²) in [4.78, 5) is 10.6. The Morgan fingerprint density at radius 3 is 2.38 bits per heavy atom. The zero-order chi connectivity index (χ0) is 10.3. The van der Waals surface area contributed by atoms with Crippen LogP contribution in [0.25, 0.3) is 0 Å². The molecule has 1 rings (SSSR count). The molecule has 76 valence electrons. The number of aliphatic carboxylic acids is 1. The maximum atomic E-state index is 10.7. The van der Waals surface area contributed by atoms with Crippen LogP contribution in [0.15, 0.2) is 0 Å². The van der Waals surface area contributed by atoms with Gasteiger partial charge in [-0.3, -0.25) is 10.1 Å². The van der Waals surface area contributed by atoms with E-state index in [1.54, 1.807) is 11.8 Å². The fourth-order valence-corrected chi connectivity index (χ4v) is 2.62. The summed E-state index contributed by atoms with van der Waals surface area (Å²) in [7, 11) is 0. The SMILES string of the molecule is CC(C)(C)[C@@]1(C)N[C@H](C(=O)O)CS1. The molecule has 0 aliphatic carbocycles. The van der Waals surface area contributed by atoms with E-state index in [-0.39, 0.29) is 10.3 Å². The summed E-state index contributed by atoms with van der Waals surface area (Å²) in [6.07, 6.45) is 0. The molecule has 0 unspecified atom stereocenters. The molecule has 0 aromatic heterocycles. The van der Waals surface area contributed by atoms with E-state index < -0.39 is 12.0 Å². The molecule has 0 amide bonds. The van der Waals surface area contributed by atoms with Crippen LogP contribution in [0.1, 0.15) is 27.7 Å². The van der Waals surface area contributed by atoms with Crippen molar-refractivity contribution in [1.82, 2.24) is 5.32 Å². The van der Waals surface area contributed by atoms with Crippen LogP contribution in [-0.2, 0) is 4.79 Å². The summed E-state index contributed by atoms with van der Waals surface area (Å²) < 4.78 is 0. The van der Waals surface area contributed by atoms with Crippen molar-refractivity contribution in [2.24, 2.45) is 5.41 Å². The molecular weight excluding hydrogens is 186 g/mol. The van der Waals surface area contributed by atoms with E-state index in [2.05, 4.69) is 33.0 Å². The van der Waals surface area contributed by atoms with Gasteiger partial charge in [0.15, 0.2) is 0 Å². The van der Waals surface area contributed by atoms with Gasteiger partial charge in [0.2, 0.25) is 0 Å². The van der Waals surface area contributed by atoms with Crippen molar-refractivity contribution in [1.29, 1.82) is 0 Å². The van der Waals surface area contributed by atoms with Gasteiger partial charge in [0, 0.05) is 5.75 Å². The molecular formula is C9H17NO2S. The summed E-state index contributed by atoms with van der Waals surface area (Å²) in [5.41, 5.74) is 0.0713. The first-order chi connectivity index (χ1) is 5.76. The Morgan fingerprint density at radius 1 is 1.62 bits per heavy atom. The summed E-state index contributed by atoms with van der Waals surface area (Å²) in [5, 5.41) is 12.0. The molecule has 0 aromatic rings. The van der Waals surface area contributed by atoms with Crippen molar-refractivity contribution >= 4 is 17.7 Å². The number of hydrogen-bond acceptors (Lipinski definition) is 3. The highest BCUT2D eigenvalue weighted by molar-refractivity contribution is 8.01. The number of nitrogens with one attached hydrogen (secondary N) is 1. The largest absolute Gasteiger partial charge is 0.480 e. The van der Waals surface area contributed by atoms with Crippen LogP contribution in [0.2, 0.25) is 0 Å². The first-order valence-corrected chi connectivity index (χ1v) is 5.39. The van der Waals surface area contributed by atoms with Crippen LogP contribution in [0.3, 0.4) is 0 Å². The maximum Gasteiger partial charge on any atom is 0.321 e. The number of carboxylic acid groups (broad SMARTS) is 1.